The van der Waals surface area contributed by atoms with E-state index < -0.39 is 0 Å². The maximum absolute atomic E-state index is 12.0. The lowest BCUT2D eigenvalue weighted by Gasteiger charge is -2.33. The first kappa shape index (κ1) is 24.7. The van der Waals surface area contributed by atoms with Crippen LogP contribution in [0.3, 0.4) is 0 Å². The molecule has 186 valence electrons. The summed E-state index contributed by atoms with van der Waals surface area (Å²) in [4.78, 5) is 23.1. The van der Waals surface area contributed by atoms with Crippen LogP contribution in [0, 0.1) is 0 Å². The minimum Gasteiger partial charge on any atom is -0.491 e. The Morgan fingerprint density at radius 1 is 1.20 bits per heavy atom. The van der Waals surface area contributed by atoms with Gasteiger partial charge in [-0.3, -0.25) is 9.69 Å². The summed E-state index contributed by atoms with van der Waals surface area (Å²) in [5.74, 6) is 1.24. The molecule has 1 fully saturated rings. The van der Waals surface area contributed by atoms with Gasteiger partial charge in [-0.2, -0.15) is 0 Å². The van der Waals surface area contributed by atoms with E-state index in [0.717, 1.165) is 61.9 Å². The number of carbonyl (C=O) groups excluding carboxylic acids is 1. The molecule has 0 spiro atoms. The third-order valence-corrected chi connectivity index (χ3v) is 6.60. The number of esters is 1. The molecular formula is C27H35N5O3. The number of likely N-dealkylation sites (tertiary alicyclic amines) is 1. The van der Waals surface area contributed by atoms with E-state index in [4.69, 9.17) is 15.2 Å². The van der Waals surface area contributed by atoms with E-state index in [-0.39, 0.29) is 18.1 Å². The number of hydrogen-bond donors (Lipinski definition) is 2. The number of ether oxygens (including phenoxy) is 2. The van der Waals surface area contributed by atoms with Gasteiger partial charge < -0.3 is 20.5 Å². The molecule has 2 heterocycles. The molecule has 0 aliphatic carbocycles. The summed E-state index contributed by atoms with van der Waals surface area (Å²) in [6.45, 7) is 4.45. The molecule has 8 nitrogen and oxygen atoms in total. The number of methoxy groups -OCH3 is 1. The summed E-state index contributed by atoms with van der Waals surface area (Å²) < 4.78 is 11.0. The number of nitrogens with one attached hydrogen (secondary N) is 1. The topological polar surface area (TPSA) is 103 Å². The van der Waals surface area contributed by atoms with Crippen molar-refractivity contribution in [3.63, 3.8) is 0 Å². The van der Waals surface area contributed by atoms with Crippen LogP contribution in [-0.2, 0) is 9.53 Å². The molecule has 0 radical (unpaired) electrons. The predicted molar refractivity (Wildman–Crippen MR) is 138 cm³/mol. The highest BCUT2D eigenvalue weighted by molar-refractivity contribution is 5.93. The van der Waals surface area contributed by atoms with Crippen LogP contribution in [0.25, 0.3) is 10.9 Å². The average Bonchev–Trinajstić information content (AvgIpc) is 2.89. The summed E-state index contributed by atoms with van der Waals surface area (Å²) in [6.07, 6.45) is 6.44. The Morgan fingerprint density at radius 2 is 2.03 bits per heavy atom. The van der Waals surface area contributed by atoms with Crippen LogP contribution in [0.15, 0.2) is 48.8 Å². The van der Waals surface area contributed by atoms with Crippen LogP contribution in [0.4, 0.5) is 11.5 Å². The molecule has 1 aliphatic heterocycles. The van der Waals surface area contributed by atoms with Crippen molar-refractivity contribution in [2.45, 2.75) is 51.1 Å². The number of unbranched alkanes of at least 4 members (excludes halogenated alkanes) is 1. The van der Waals surface area contributed by atoms with Gasteiger partial charge in [0.15, 0.2) is 0 Å². The van der Waals surface area contributed by atoms with Crippen molar-refractivity contribution in [1.29, 1.82) is 0 Å². The van der Waals surface area contributed by atoms with Gasteiger partial charge in [0, 0.05) is 17.5 Å². The van der Waals surface area contributed by atoms with Crippen molar-refractivity contribution in [3.05, 3.63) is 54.4 Å². The molecule has 3 N–H and O–H groups in total. The highest BCUT2D eigenvalue weighted by Crippen LogP contribution is 2.31. The number of aromatic nitrogens is 2. The third-order valence-electron chi connectivity index (χ3n) is 6.60. The normalized spacial score (nSPS) is 17.1. The number of nitrogens with two attached hydrogens (primary N) is 1. The Morgan fingerprint density at radius 3 is 2.83 bits per heavy atom. The molecule has 4 rings (SSSR count). The maximum atomic E-state index is 12.0. The van der Waals surface area contributed by atoms with E-state index in [1.165, 1.54) is 12.7 Å². The summed E-state index contributed by atoms with van der Waals surface area (Å²) in [5, 5.41) is 4.33. The maximum Gasteiger partial charge on any atom is 0.323 e. The zero-order chi connectivity index (χ0) is 24.6. The second-order valence-electron chi connectivity index (χ2n) is 9.03. The van der Waals surface area contributed by atoms with Gasteiger partial charge in [0.05, 0.1) is 24.9 Å². The molecule has 3 aromatic rings. The Balaban J connectivity index is 1.34. The summed E-state index contributed by atoms with van der Waals surface area (Å²) >= 11 is 0. The van der Waals surface area contributed by atoms with Crippen molar-refractivity contribution in [2.24, 2.45) is 0 Å². The van der Waals surface area contributed by atoms with Crippen LogP contribution in [0.5, 0.6) is 5.75 Å². The van der Waals surface area contributed by atoms with Gasteiger partial charge in [0.2, 0.25) is 0 Å². The lowest BCUT2D eigenvalue weighted by molar-refractivity contribution is -0.148. The Bertz CT molecular complexity index is 1120. The second-order valence-corrected chi connectivity index (χ2v) is 9.03. The smallest absolute Gasteiger partial charge is 0.323 e. The van der Waals surface area contributed by atoms with E-state index in [1.54, 1.807) is 6.33 Å². The Labute approximate surface area is 206 Å². The highest BCUT2D eigenvalue weighted by Gasteiger charge is 2.28. The first-order valence-electron chi connectivity index (χ1n) is 12.4. The standard InChI is InChI=1S/C27H35N5O3/c1-19(20-10-4-3-5-11-20)31-26-21-16-22(28)25(17-23(21)29-18-30-26)35-15-9-8-14-32-13-7-6-12-24(32)27(33)34-2/h3-5,10-11,16-19,24H,6-9,12-15,28H2,1-2H3,(H,29,30,31)/t19-,24?/m1/s1. The first-order valence-corrected chi connectivity index (χ1v) is 12.4. The predicted octanol–water partition coefficient (Wildman–Crippen LogP) is 4.57. The lowest BCUT2D eigenvalue weighted by Crippen LogP contribution is -2.45. The number of nitrogens with zero attached hydrogens (tertiary/aromatic N) is 3. The summed E-state index contributed by atoms with van der Waals surface area (Å²) in [6, 6.07) is 14.0. The van der Waals surface area contributed by atoms with E-state index in [0.29, 0.717) is 18.0 Å². The largest absolute Gasteiger partial charge is 0.491 e. The van der Waals surface area contributed by atoms with E-state index in [9.17, 15) is 4.79 Å². The zero-order valence-electron chi connectivity index (χ0n) is 20.6. The van der Waals surface area contributed by atoms with E-state index in [2.05, 4.69) is 39.2 Å². The third kappa shape index (κ3) is 6.19. The SMILES string of the molecule is COC(=O)C1CCCCN1CCCCOc1cc2ncnc(N[C@H](C)c3ccccc3)c2cc1N. The van der Waals surface area contributed by atoms with Crippen LogP contribution in [0.1, 0.15) is 50.6 Å². The van der Waals surface area contributed by atoms with Crippen LogP contribution < -0.4 is 15.8 Å². The van der Waals surface area contributed by atoms with Crippen molar-refractivity contribution in [1.82, 2.24) is 14.9 Å². The van der Waals surface area contributed by atoms with Crippen molar-refractivity contribution < 1.29 is 14.3 Å². The zero-order valence-corrected chi connectivity index (χ0v) is 20.6. The molecule has 0 amide bonds. The highest BCUT2D eigenvalue weighted by atomic mass is 16.5. The lowest BCUT2D eigenvalue weighted by atomic mass is 10.0. The van der Waals surface area contributed by atoms with Crippen molar-refractivity contribution >= 4 is 28.4 Å². The minimum atomic E-state index is -0.126. The fourth-order valence-electron chi connectivity index (χ4n) is 4.63. The van der Waals surface area contributed by atoms with Crippen LogP contribution in [-0.4, -0.2) is 53.7 Å². The summed E-state index contributed by atoms with van der Waals surface area (Å²) in [7, 11) is 1.46. The molecule has 35 heavy (non-hydrogen) atoms. The van der Waals surface area contributed by atoms with Gasteiger partial charge in [-0.1, -0.05) is 36.8 Å². The fourth-order valence-corrected chi connectivity index (χ4v) is 4.63. The van der Waals surface area contributed by atoms with Gasteiger partial charge in [-0.25, -0.2) is 9.97 Å². The van der Waals surface area contributed by atoms with Crippen molar-refractivity contribution in [2.75, 3.05) is 37.9 Å². The molecule has 1 unspecified atom stereocenters. The van der Waals surface area contributed by atoms with Crippen LogP contribution >= 0.6 is 0 Å². The molecular weight excluding hydrogens is 442 g/mol. The average molecular weight is 478 g/mol. The molecule has 2 aromatic carbocycles. The number of hydrogen-bond acceptors (Lipinski definition) is 8. The molecule has 2 atom stereocenters. The van der Waals surface area contributed by atoms with Crippen molar-refractivity contribution in [3.8, 4) is 5.75 Å². The number of rotatable bonds is 10. The molecule has 8 heteroatoms. The first-order chi connectivity index (χ1) is 17.1. The van der Waals surface area contributed by atoms with Gasteiger partial charge in [-0.15, -0.1) is 0 Å². The minimum absolute atomic E-state index is 0.0881. The summed E-state index contributed by atoms with van der Waals surface area (Å²) in [5.41, 5.74) is 8.84. The number of anilines is 2. The van der Waals surface area contributed by atoms with Crippen LogP contribution in [0.2, 0.25) is 0 Å². The number of piperidine rings is 1. The fraction of sp³-hybridized carbons (Fsp3) is 0.444. The molecule has 0 saturated carbocycles. The monoisotopic (exact) mass is 477 g/mol. The quantitative estimate of drug-likeness (QED) is 0.249. The van der Waals surface area contributed by atoms with Gasteiger partial charge >= 0.3 is 5.97 Å². The molecule has 1 aromatic heterocycles. The molecule has 0 bridgehead atoms. The number of fused-ring (bicyclic) bond motifs is 1. The molecule has 1 aliphatic rings. The number of nitrogen functional groups attached to an aromatic ring is 1. The van der Waals surface area contributed by atoms with Gasteiger partial charge in [-0.05, 0) is 57.3 Å². The second kappa shape index (κ2) is 11.8. The van der Waals surface area contributed by atoms with E-state index >= 15 is 0 Å². The van der Waals surface area contributed by atoms with Gasteiger partial charge in [0.1, 0.15) is 23.9 Å². The Hall–Kier alpha value is -3.39. The number of benzene rings is 2. The number of carbonyl (C=O) groups is 1. The van der Waals surface area contributed by atoms with Gasteiger partial charge in [0.25, 0.3) is 0 Å². The Kier molecular flexibility index (Phi) is 8.36. The van der Waals surface area contributed by atoms with E-state index in [1.807, 2.05) is 30.3 Å². The molecule has 1 saturated heterocycles.